The minimum Gasteiger partial charge on any atom is -0.481 e. The first-order valence-electron chi connectivity index (χ1n) is 6.48. The van der Waals surface area contributed by atoms with Gasteiger partial charge in [0, 0.05) is 11.8 Å². The molecule has 1 saturated heterocycles. The first kappa shape index (κ1) is 12.2. The van der Waals surface area contributed by atoms with Gasteiger partial charge in [0.15, 0.2) is 0 Å². The lowest BCUT2D eigenvalue weighted by molar-refractivity contribution is -0.139. The van der Waals surface area contributed by atoms with E-state index in [0.717, 1.165) is 0 Å². The van der Waals surface area contributed by atoms with Crippen molar-refractivity contribution in [2.24, 2.45) is 0 Å². The van der Waals surface area contributed by atoms with Crippen LogP contribution in [-0.2, 0) is 14.9 Å². The Hall–Kier alpha value is -1.87. The van der Waals surface area contributed by atoms with Crippen molar-refractivity contribution in [3.8, 4) is 0 Å². The van der Waals surface area contributed by atoms with E-state index in [1.165, 1.54) is 16.3 Å². The first-order chi connectivity index (χ1) is 9.20. The Kier molecular flexibility index (Phi) is 2.99. The Balaban J connectivity index is 1.94. The van der Waals surface area contributed by atoms with E-state index in [9.17, 15) is 4.79 Å². The summed E-state index contributed by atoms with van der Waals surface area (Å²) < 4.78 is 5.34. The molecule has 1 aliphatic rings. The molecule has 3 nitrogen and oxygen atoms in total. The van der Waals surface area contributed by atoms with Crippen molar-refractivity contribution in [3.63, 3.8) is 0 Å². The molecule has 0 radical (unpaired) electrons. The maximum absolute atomic E-state index is 10.8. The number of ether oxygens (including phenoxy) is 1. The molecule has 1 fully saturated rings. The third-order valence-electron chi connectivity index (χ3n) is 3.94. The van der Waals surface area contributed by atoms with Gasteiger partial charge >= 0.3 is 5.97 Å². The lowest BCUT2D eigenvalue weighted by Crippen LogP contribution is -2.47. The van der Waals surface area contributed by atoms with E-state index in [4.69, 9.17) is 9.84 Å². The molecule has 19 heavy (non-hydrogen) atoms. The molecule has 2 aromatic rings. The summed E-state index contributed by atoms with van der Waals surface area (Å²) in [4.78, 5) is 10.8. The maximum Gasteiger partial charge on any atom is 0.303 e. The molecule has 0 saturated carbocycles. The zero-order valence-electron chi connectivity index (χ0n) is 10.6. The van der Waals surface area contributed by atoms with Crippen molar-refractivity contribution in [1.29, 1.82) is 0 Å². The van der Waals surface area contributed by atoms with Gasteiger partial charge in [-0.3, -0.25) is 4.79 Å². The second-order valence-electron chi connectivity index (χ2n) is 5.23. The molecule has 3 rings (SSSR count). The number of hydrogen-bond donors (Lipinski definition) is 1. The fourth-order valence-corrected chi connectivity index (χ4v) is 2.67. The second-order valence-corrected chi connectivity index (χ2v) is 5.23. The van der Waals surface area contributed by atoms with Crippen LogP contribution in [0.1, 0.15) is 18.4 Å². The molecule has 0 bridgehead atoms. The van der Waals surface area contributed by atoms with Crippen LogP contribution in [0.5, 0.6) is 0 Å². The molecule has 0 spiro atoms. The molecule has 0 atom stereocenters. The van der Waals surface area contributed by atoms with E-state index < -0.39 is 5.97 Å². The Bertz CT molecular complexity index is 614. The van der Waals surface area contributed by atoms with Crippen LogP contribution < -0.4 is 0 Å². The van der Waals surface area contributed by atoms with Crippen LogP contribution in [0.2, 0.25) is 0 Å². The van der Waals surface area contributed by atoms with Crippen LogP contribution in [0.15, 0.2) is 42.5 Å². The van der Waals surface area contributed by atoms with Crippen molar-refractivity contribution in [2.45, 2.75) is 18.3 Å². The van der Waals surface area contributed by atoms with Crippen molar-refractivity contribution in [1.82, 2.24) is 0 Å². The predicted molar refractivity (Wildman–Crippen MR) is 73.3 cm³/mol. The summed E-state index contributed by atoms with van der Waals surface area (Å²) in [7, 11) is 0. The van der Waals surface area contributed by atoms with Crippen LogP contribution in [0.4, 0.5) is 0 Å². The van der Waals surface area contributed by atoms with Crippen LogP contribution >= 0.6 is 0 Å². The third kappa shape index (κ3) is 2.22. The number of rotatable bonds is 4. The zero-order valence-corrected chi connectivity index (χ0v) is 10.6. The molecule has 1 N–H and O–H groups in total. The summed E-state index contributed by atoms with van der Waals surface area (Å²) in [6, 6.07) is 14.6. The number of hydrogen-bond acceptors (Lipinski definition) is 2. The van der Waals surface area contributed by atoms with Gasteiger partial charge in [-0.2, -0.15) is 0 Å². The lowest BCUT2D eigenvalue weighted by Gasteiger charge is -2.42. The fourth-order valence-electron chi connectivity index (χ4n) is 2.67. The molecule has 0 aromatic heterocycles. The lowest BCUT2D eigenvalue weighted by atomic mass is 9.74. The molecule has 0 aliphatic carbocycles. The highest BCUT2D eigenvalue weighted by Gasteiger charge is 2.40. The quantitative estimate of drug-likeness (QED) is 0.914. The molecule has 3 heteroatoms. The SMILES string of the molecule is O=C(O)CCC1(c2ccc3ccccc3c2)COC1. The van der Waals surface area contributed by atoms with Crippen molar-refractivity contribution < 1.29 is 14.6 Å². The smallest absolute Gasteiger partial charge is 0.303 e. The highest BCUT2D eigenvalue weighted by molar-refractivity contribution is 5.83. The summed E-state index contributed by atoms with van der Waals surface area (Å²) in [6.07, 6.45) is 0.830. The van der Waals surface area contributed by atoms with Crippen LogP contribution in [0.3, 0.4) is 0 Å². The minimum atomic E-state index is -0.743. The van der Waals surface area contributed by atoms with Crippen molar-refractivity contribution in [3.05, 3.63) is 48.0 Å². The summed E-state index contributed by atoms with van der Waals surface area (Å²) in [5.74, 6) is -0.743. The van der Waals surface area contributed by atoms with E-state index in [1.807, 2.05) is 12.1 Å². The third-order valence-corrected chi connectivity index (χ3v) is 3.94. The average molecular weight is 256 g/mol. The van der Waals surface area contributed by atoms with E-state index >= 15 is 0 Å². The highest BCUT2D eigenvalue weighted by atomic mass is 16.5. The number of carboxylic acid groups (broad SMARTS) is 1. The van der Waals surface area contributed by atoms with Crippen molar-refractivity contribution >= 4 is 16.7 Å². The van der Waals surface area contributed by atoms with E-state index in [0.29, 0.717) is 19.6 Å². The van der Waals surface area contributed by atoms with E-state index in [-0.39, 0.29) is 11.8 Å². The normalized spacial score (nSPS) is 17.1. The summed E-state index contributed by atoms with van der Waals surface area (Å²) >= 11 is 0. The predicted octanol–water partition coefficient (Wildman–Crippen LogP) is 2.97. The second kappa shape index (κ2) is 4.67. The molecule has 1 aliphatic heterocycles. The summed E-state index contributed by atoms with van der Waals surface area (Å²) in [5, 5.41) is 11.3. The Labute approximate surface area is 111 Å². The largest absolute Gasteiger partial charge is 0.481 e. The topological polar surface area (TPSA) is 46.5 Å². The summed E-state index contributed by atoms with van der Waals surface area (Å²) in [5.41, 5.74) is 1.08. The Morgan fingerprint density at radius 3 is 2.53 bits per heavy atom. The zero-order chi connectivity index (χ0) is 13.3. The van der Waals surface area contributed by atoms with Crippen molar-refractivity contribution in [2.75, 3.05) is 13.2 Å². The molecule has 98 valence electrons. The fraction of sp³-hybridized carbons (Fsp3) is 0.312. The van der Waals surface area contributed by atoms with Gasteiger partial charge in [-0.05, 0) is 22.8 Å². The van der Waals surface area contributed by atoms with Gasteiger partial charge < -0.3 is 9.84 Å². The van der Waals surface area contributed by atoms with Crippen LogP contribution in [0.25, 0.3) is 10.8 Å². The molecule has 1 heterocycles. The van der Waals surface area contributed by atoms with Gasteiger partial charge in [-0.15, -0.1) is 0 Å². The number of carbonyl (C=O) groups is 1. The molecule has 2 aromatic carbocycles. The average Bonchev–Trinajstić information content (AvgIpc) is 2.37. The number of carboxylic acids is 1. The van der Waals surface area contributed by atoms with Crippen LogP contribution in [-0.4, -0.2) is 24.3 Å². The standard InChI is InChI=1S/C16H16O3/c17-15(18)7-8-16(10-19-11-16)14-6-5-12-3-1-2-4-13(12)9-14/h1-6,9H,7-8,10-11H2,(H,17,18). The molecular weight excluding hydrogens is 240 g/mol. The summed E-state index contributed by atoms with van der Waals surface area (Å²) in [6.45, 7) is 1.25. The monoisotopic (exact) mass is 256 g/mol. The minimum absolute atomic E-state index is 0.109. The van der Waals surface area contributed by atoms with Gasteiger partial charge in [0.05, 0.1) is 13.2 Å². The van der Waals surface area contributed by atoms with Gasteiger partial charge in [0.1, 0.15) is 0 Å². The Morgan fingerprint density at radius 1 is 1.16 bits per heavy atom. The molecular formula is C16H16O3. The first-order valence-corrected chi connectivity index (χ1v) is 6.48. The van der Waals surface area contributed by atoms with Gasteiger partial charge in [0.25, 0.3) is 0 Å². The van der Waals surface area contributed by atoms with E-state index in [2.05, 4.69) is 30.3 Å². The Morgan fingerprint density at radius 2 is 1.89 bits per heavy atom. The molecule has 0 unspecified atom stereocenters. The van der Waals surface area contributed by atoms with Gasteiger partial charge in [-0.25, -0.2) is 0 Å². The maximum atomic E-state index is 10.8. The van der Waals surface area contributed by atoms with E-state index in [1.54, 1.807) is 0 Å². The number of benzene rings is 2. The number of fused-ring (bicyclic) bond motifs is 1. The van der Waals surface area contributed by atoms with Crippen LogP contribution in [0, 0.1) is 0 Å². The molecule has 0 amide bonds. The number of aliphatic carboxylic acids is 1. The van der Waals surface area contributed by atoms with Gasteiger partial charge in [0.2, 0.25) is 0 Å². The van der Waals surface area contributed by atoms with Gasteiger partial charge in [-0.1, -0.05) is 42.5 Å². The highest BCUT2D eigenvalue weighted by Crippen LogP contribution is 2.38.